The van der Waals surface area contributed by atoms with Gasteiger partial charge in [-0.2, -0.15) is 11.8 Å². The zero-order valence-electron chi connectivity index (χ0n) is 16.7. The van der Waals surface area contributed by atoms with Crippen LogP contribution in [0.5, 0.6) is 0 Å². The van der Waals surface area contributed by atoms with Crippen LogP contribution in [0.4, 0.5) is 0 Å². The Bertz CT molecular complexity index is 591. The summed E-state index contributed by atoms with van der Waals surface area (Å²) in [7, 11) is 1.85. The highest BCUT2D eigenvalue weighted by Crippen LogP contribution is 2.37. The molecular formula is C20H33IN4OS. The fourth-order valence-corrected chi connectivity index (χ4v) is 4.20. The van der Waals surface area contributed by atoms with E-state index in [9.17, 15) is 4.79 Å². The highest BCUT2D eigenvalue weighted by atomic mass is 127. The molecule has 1 aliphatic heterocycles. The first-order valence-electron chi connectivity index (χ1n) is 9.46. The number of nitrogens with zero attached hydrogens (tertiary/aromatic N) is 2. The molecular weight excluding hydrogens is 471 g/mol. The molecule has 1 aliphatic rings. The first-order valence-corrected chi connectivity index (χ1v) is 10.4. The molecule has 1 fully saturated rings. The Labute approximate surface area is 185 Å². The summed E-state index contributed by atoms with van der Waals surface area (Å²) in [6, 6.07) is 10.1. The number of hydrogen-bond acceptors (Lipinski definition) is 3. The summed E-state index contributed by atoms with van der Waals surface area (Å²) in [5, 5.41) is 6.56. The number of halogens is 1. The van der Waals surface area contributed by atoms with Gasteiger partial charge in [0.2, 0.25) is 5.91 Å². The van der Waals surface area contributed by atoms with Crippen LogP contribution in [0.2, 0.25) is 0 Å². The summed E-state index contributed by atoms with van der Waals surface area (Å²) < 4.78 is 0.258. The number of aliphatic imine (C=N–C) groups is 1. The molecule has 1 heterocycles. The van der Waals surface area contributed by atoms with E-state index in [2.05, 4.69) is 24.5 Å². The van der Waals surface area contributed by atoms with Gasteiger partial charge in [0.15, 0.2) is 5.96 Å². The Balaban J connectivity index is 0.00000364. The largest absolute Gasteiger partial charge is 0.357 e. The van der Waals surface area contributed by atoms with Gasteiger partial charge in [0.1, 0.15) is 0 Å². The van der Waals surface area contributed by atoms with Gasteiger partial charge < -0.3 is 15.5 Å². The second-order valence-corrected chi connectivity index (χ2v) is 8.69. The summed E-state index contributed by atoms with van der Waals surface area (Å²) in [5.74, 6) is 2.17. The van der Waals surface area contributed by atoms with Crippen molar-refractivity contribution in [2.75, 3.05) is 32.4 Å². The lowest BCUT2D eigenvalue weighted by Crippen LogP contribution is -2.40. The van der Waals surface area contributed by atoms with E-state index in [4.69, 9.17) is 4.99 Å². The zero-order chi connectivity index (χ0) is 18.8. The molecule has 1 amide bonds. The topological polar surface area (TPSA) is 56.7 Å². The highest BCUT2D eigenvalue weighted by molar-refractivity contribution is 14.0. The van der Waals surface area contributed by atoms with E-state index < -0.39 is 0 Å². The van der Waals surface area contributed by atoms with E-state index in [1.165, 1.54) is 18.6 Å². The number of benzene rings is 1. The summed E-state index contributed by atoms with van der Waals surface area (Å²) >= 11 is 2.01. The summed E-state index contributed by atoms with van der Waals surface area (Å²) in [5.41, 5.74) is 1.15. The number of hydrogen-bond donors (Lipinski definition) is 2. The third kappa shape index (κ3) is 8.72. The van der Waals surface area contributed by atoms with Crippen molar-refractivity contribution in [1.82, 2.24) is 15.5 Å². The minimum Gasteiger partial charge on any atom is -0.357 e. The Morgan fingerprint density at radius 3 is 2.67 bits per heavy atom. The number of amides is 1. The van der Waals surface area contributed by atoms with Crippen molar-refractivity contribution >= 4 is 47.6 Å². The van der Waals surface area contributed by atoms with Gasteiger partial charge in [-0.1, -0.05) is 30.3 Å². The second kappa shape index (κ2) is 12.5. The first kappa shape index (κ1) is 24.1. The average Bonchev–Trinajstić information content (AvgIpc) is 3.07. The SMILES string of the molecule is CCNC(=NCC1(C)CCCS1)NCCC(=O)N(C)Cc1ccccc1.I. The molecule has 0 aromatic heterocycles. The first-order chi connectivity index (χ1) is 12.5. The molecule has 0 radical (unpaired) electrons. The van der Waals surface area contributed by atoms with Crippen LogP contribution in [0.15, 0.2) is 35.3 Å². The van der Waals surface area contributed by atoms with E-state index in [0.717, 1.165) is 24.6 Å². The molecule has 1 atom stereocenters. The van der Waals surface area contributed by atoms with Crippen LogP contribution in [0.3, 0.4) is 0 Å². The summed E-state index contributed by atoms with van der Waals surface area (Å²) in [4.78, 5) is 18.8. The molecule has 1 saturated heterocycles. The van der Waals surface area contributed by atoms with Gasteiger partial charge in [-0.3, -0.25) is 9.79 Å². The fourth-order valence-electron chi connectivity index (χ4n) is 2.97. The lowest BCUT2D eigenvalue weighted by Gasteiger charge is -2.21. The molecule has 2 N–H and O–H groups in total. The minimum absolute atomic E-state index is 0. The normalized spacial score (nSPS) is 19.3. The number of carbonyl (C=O) groups excluding carboxylic acids is 1. The van der Waals surface area contributed by atoms with Crippen molar-refractivity contribution in [3.05, 3.63) is 35.9 Å². The van der Waals surface area contributed by atoms with Gasteiger partial charge in [0, 0.05) is 37.8 Å². The summed E-state index contributed by atoms with van der Waals surface area (Å²) in [6.07, 6.45) is 2.96. The van der Waals surface area contributed by atoms with Crippen LogP contribution in [0, 0.1) is 0 Å². The van der Waals surface area contributed by atoms with Gasteiger partial charge in [-0.15, -0.1) is 24.0 Å². The second-order valence-electron chi connectivity index (χ2n) is 7.01. The predicted molar refractivity (Wildman–Crippen MR) is 127 cm³/mol. The minimum atomic E-state index is 0. The van der Waals surface area contributed by atoms with Crippen molar-refractivity contribution < 1.29 is 4.79 Å². The molecule has 1 aromatic carbocycles. The predicted octanol–water partition coefficient (Wildman–Crippen LogP) is 3.49. The maximum absolute atomic E-state index is 12.3. The standard InChI is InChI=1S/C20H32N4OS.HI/c1-4-21-19(23-16-20(2)12-8-14-26-20)22-13-11-18(25)24(3)15-17-9-6-5-7-10-17;/h5-7,9-10H,4,8,11-16H2,1-3H3,(H2,21,22,23);1H. The molecule has 1 unspecified atom stereocenters. The number of guanidine groups is 1. The maximum Gasteiger partial charge on any atom is 0.224 e. The van der Waals surface area contributed by atoms with Gasteiger partial charge in [0.05, 0.1) is 6.54 Å². The number of rotatable bonds is 8. The smallest absolute Gasteiger partial charge is 0.224 e. The Morgan fingerprint density at radius 2 is 2.04 bits per heavy atom. The van der Waals surface area contributed by atoms with Crippen molar-refractivity contribution in [2.45, 2.75) is 44.4 Å². The maximum atomic E-state index is 12.3. The van der Waals surface area contributed by atoms with Crippen LogP contribution >= 0.6 is 35.7 Å². The molecule has 0 spiro atoms. The van der Waals surface area contributed by atoms with Crippen LogP contribution in [-0.4, -0.2) is 53.9 Å². The van der Waals surface area contributed by atoms with Gasteiger partial charge in [-0.25, -0.2) is 0 Å². The van der Waals surface area contributed by atoms with Crippen LogP contribution in [0.1, 0.15) is 38.7 Å². The van der Waals surface area contributed by atoms with E-state index in [-0.39, 0.29) is 34.6 Å². The fraction of sp³-hybridized carbons (Fsp3) is 0.600. The van der Waals surface area contributed by atoms with Crippen LogP contribution in [-0.2, 0) is 11.3 Å². The van der Waals surface area contributed by atoms with Crippen molar-refractivity contribution in [1.29, 1.82) is 0 Å². The Hall–Kier alpha value is -0.960. The molecule has 0 aliphatic carbocycles. The molecule has 27 heavy (non-hydrogen) atoms. The number of thioether (sulfide) groups is 1. The molecule has 5 nitrogen and oxygen atoms in total. The molecule has 0 saturated carbocycles. The molecule has 7 heteroatoms. The monoisotopic (exact) mass is 504 g/mol. The van der Waals surface area contributed by atoms with Crippen molar-refractivity contribution in [3.8, 4) is 0 Å². The van der Waals surface area contributed by atoms with Crippen molar-refractivity contribution in [2.24, 2.45) is 4.99 Å². The van der Waals surface area contributed by atoms with Crippen LogP contribution < -0.4 is 10.6 Å². The van der Waals surface area contributed by atoms with Gasteiger partial charge in [-0.05, 0) is 38.0 Å². The zero-order valence-corrected chi connectivity index (χ0v) is 19.8. The quantitative estimate of drug-likeness (QED) is 0.324. The number of carbonyl (C=O) groups is 1. The Morgan fingerprint density at radius 1 is 1.30 bits per heavy atom. The molecule has 0 bridgehead atoms. The number of nitrogens with one attached hydrogen (secondary N) is 2. The summed E-state index contributed by atoms with van der Waals surface area (Å²) in [6.45, 7) is 7.21. The molecule has 1 aromatic rings. The van der Waals surface area contributed by atoms with E-state index >= 15 is 0 Å². The average molecular weight is 504 g/mol. The molecule has 152 valence electrons. The Kier molecular flexibility index (Phi) is 11.1. The van der Waals surface area contributed by atoms with E-state index in [0.29, 0.717) is 19.5 Å². The van der Waals surface area contributed by atoms with E-state index in [1.54, 1.807) is 4.90 Å². The van der Waals surface area contributed by atoms with Crippen molar-refractivity contribution in [3.63, 3.8) is 0 Å². The van der Waals surface area contributed by atoms with Gasteiger partial charge >= 0.3 is 0 Å². The third-order valence-electron chi connectivity index (χ3n) is 4.54. The highest BCUT2D eigenvalue weighted by Gasteiger charge is 2.29. The van der Waals surface area contributed by atoms with Gasteiger partial charge in [0.25, 0.3) is 0 Å². The molecule has 2 rings (SSSR count). The van der Waals surface area contributed by atoms with E-state index in [1.807, 2.05) is 49.1 Å². The third-order valence-corrected chi connectivity index (χ3v) is 6.06. The lowest BCUT2D eigenvalue weighted by molar-refractivity contribution is -0.130. The van der Waals surface area contributed by atoms with Crippen LogP contribution in [0.25, 0.3) is 0 Å². The lowest BCUT2D eigenvalue weighted by atomic mass is 10.1.